The molecule has 0 saturated heterocycles. The van der Waals surface area contributed by atoms with Gasteiger partial charge in [0, 0.05) is 16.1 Å². The van der Waals surface area contributed by atoms with Crippen molar-refractivity contribution in [2.24, 2.45) is 5.73 Å². The van der Waals surface area contributed by atoms with E-state index in [1.807, 2.05) is 0 Å². The third-order valence-corrected chi connectivity index (χ3v) is 3.55. The first-order chi connectivity index (χ1) is 10.0. The summed E-state index contributed by atoms with van der Waals surface area (Å²) in [6.07, 6.45) is 0.538. The van der Waals surface area contributed by atoms with Crippen LogP contribution in [0.4, 0.5) is 14.5 Å². The largest absolute Gasteiger partial charge is 0.330 e. The average molecular weight is 355 g/mol. The van der Waals surface area contributed by atoms with Gasteiger partial charge in [0.15, 0.2) is 5.82 Å². The zero-order valence-corrected chi connectivity index (χ0v) is 12.6. The lowest BCUT2D eigenvalue weighted by Crippen LogP contribution is -2.17. The molecule has 110 valence electrons. The predicted molar refractivity (Wildman–Crippen MR) is 81.2 cm³/mol. The Morgan fingerprint density at radius 3 is 2.62 bits per heavy atom. The minimum absolute atomic E-state index is 0.0936. The van der Waals surface area contributed by atoms with Crippen molar-refractivity contribution in [3.8, 4) is 0 Å². The minimum Gasteiger partial charge on any atom is -0.330 e. The maximum absolute atomic E-state index is 13.7. The lowest BCUT2D eigenvalue weighted by atomic mass is 10.0. The molecule has 0 bridgehead atoms. The van der Waals surface area contributed by atoms with Gasteiger partial charge < -0.3 is 11.1 Å². The molecule has 1 amide bonds. The zero-order chi connectivity index (χ0) is 15.4. The van der Waals surface area contributed by atoms with Gasteiger partial charge >= 0.3 is 0 Å². The molecule has 0 aliphatic heterocycles. The number of amides is 1. The van der Waals surface area contributed by atoms with Crippen LogP contribution < -0.4 is 11.1 Å². The summed E-state index contributed by atoms with van der Waals surface area (Å²) >= 11 is 3.03. The molecule has 0 aromatic heterocycles. The lowest BCUT2D eigenvalue weighted by Gasteiger charge is -2.11. The molecule has 0 heterocycles. The molecule has 3 N–H and O–H groups in total. The number of rotatable bonds is 4. The first-order valence-corrected chi connectivity index (χ1v) is 7.06. The van der Waals surface area contributed by atoms with Crippen LogP contribution in [0.1, 0.15) is 15.9 Å². The molecule has 0 radical (unpaired) electrons. The second-order valence-electron chi connectivity index (χ2n) is 4.39. The summed E-state index contributed by atoms with van der Waals surface area (Å²) in [5.74, 6) is -2.03. The predicted octanol–water partition coefficient (Wildman–Crippen LogP) is 3.48. The van der Waals surface area contributed by atoms with E-state index in [-0.39, 0.29) is 10.2 Å². The third kappa shape index (κ3) is 3.65. The van der Waals surface area contributed by atoms with Gasteiger partial charge in [-0.25, -0.2) is 8.78 Å². The fourth-order valence-corrected chi connectivity index (χ4v) is 2.47. The topological polar surface area (TPSA) is 55.1 Å². The molecule has 2 aromatic carbocycles. The number of anilines is 1. The van der Waals surface area contributed by atoms with Gasteiger partial charge in [0.05, 0.1) is 5.69 Å². The van der Waals surface area contributed by atoms with Crippen molar-refractivity contribution in [3.05, 3.63) is 63.6 Å². The highest BCUT2D eigenvalue weighted by Gasteiger charge is 2.16. The van der Waals surface area contributed by atoms with Gasteiger partial charge in [-0.2, -0.15) is 0 Å². The van der Waals surface area contributed by atoms with Crippen LogP contribution in [-0.2, 0) is 6.42 Å². The van der Waals surface area contributed by atoms with Crippen molar-refractivity contribution in [1.82, 2.24) is 0 Å². The highest BCUT2D eigenvalue weighted by Crippen LogP contribution is 2.27. The monoisotopic (exact) mass is 354 g/mol. The highest BCUT2D eigenvalue weighted by molar-refractivity contribution is 9.10. The number of hydrogen-bond donors (Lipinski definition) is 2. The molecule has 0 unspecified atom stereocenters. The maximum Gasteiger partial charge on any atom is 0.256 e. The van der Waals surface area contributed by atoms with E-state index in [1.54, 1.807) is 24.3 Å². The number of halogens is 3. The van der Waals surface area contributed by atoms with Crippen molar-refractivity contribution in [2.45, 2.75) is 6.42 Å². The number of benzene rings is 2. The minimum atomic E-state index is -0.841. The van der Waals surface area contributed by atoms with E-state index in [0.29, 0.717) is 24.6 Å². The summed E-state index contributed by atoms with van der Waals surface area (Å²) in [6, 6.07) is 8.74. The van der Waals surface area contributed by atoms with Gasteiger partial charge in [-0.15, -0.1) is 0 Å². The number of carbonyl (C=O) groups is 1. The van der Waals surface area contributed by atoms with E-state index in [9.17, 15) is 13.6 Å². The summed E-state index contributed by atoms with van der Waals surface area (Å²) in [5.41, 5.74) is 6.60. The van der Waals surface area contributed by atoms with Crippen LogP contribution in [0.5, 0.6) is 0 Å². The Morgan fingerprint density at radius 1 is 1.24 bits per heavy atom. The molecule has 0 aliphatic carbocycles. The second-order valence-corrected chi connectivity index (χ2v) is 5.25. The Hall–Kier alpha value is -1.79. The SMILES string of the molecule is NCCc1ccccc1C(=O)Nc1c(F)cc(F)cc1Br. The van der Waals surface area contributed by atoms with Crippen LogP contribution in [-0.4, -0.2) is 12.5 Å². The summed E-state index contributed by atoms with van der Waals surface area (Å²) < 4.78 is 26.9. The molecule has 2 aromatic rings. The number of nitrogens with two attached hydrogens (primary N) is 1. The summed E-state index contributed by atoms with van der Waals surface area (Å²) in [5, 5.41) is 2.45. The smallest absolute Gasteiger partial charge is 0.256 e. The standard InChI is InChI=1S/C15H13BrF2N2O/c16-12-7-10(17)8-13(18)14(12)20-15(21)11-4-2-1-3-9(11)5-6-19/h1-4,7-8H,5-6,19H2,(H,20,21). The average Bonchev–Trinajstić information content (AvgIpc) is 2.43. The number of hydrogen-bond acceptors (Lipinski definition) is 2. The Kier molecular flexibility index (Phi) is 5.03. The normalized spacial score (nSPS) is 10.5. The van der Waals surface area contributed by atoms with Crippen molar-refractivity contribution in [1.29, 1.82) is 0 Å². The molecule has 2 rings (SSSR count). The molecular weight excluding hydrogens is 342 g/mol. The van der Waals surface area contributed by atoms with Gasteiger partial charge in [-0.3, -0.25) is 4.79 Å². The van der Waals surface area contributed by atoms with E-state index in [1.165, 1.54) is 0 Å². The van der Waals surface area contributed by atoms with Crippen LogP contribution in [0, 0.1) is 11.6 Å². The third-order valence-electron chi connectivity index (χ3n) is 2.92. The molecule has 21 heavy (non-hydrogen) atoms. The van der Waals surface area contributed by atoms with E-state index in [4.69, 9.17) is 5.73 Å². The molecule has 0 fully saturated rings. The Morgan fingerprint density at radius 2 is 1.95 bits per heavy atom. The summed E-state index contributed by atoms with van der Waals surface area (Å²) in [6.45, 7) is 0.402. The van der Waals surface area contributed by atoms with Gasteiger partial charge in [0.2, 0.25) is 0 Å². The number of carbonyl (C=O) groups excluding carboxylic acids is 1. The number of nitrogens with one attached hydrogen (secondary N) is 1. The quantitative estimate of drug-likeness (QED) is 0.882. The van der Waals surface area contributed by atoms with Crippen LogP contribution in [0.25, 0.3) is 0 Å². The van der Waals surface area contributed by atoms with E-state index in [2.05, 4.69) is 21.2 Å². The lowest BCUT2D eigenvalue weighted by molar-refractivity contribution is 0.102. The van der Waals surface area contributed by atoms with Crippen molar-refractivity contribution in [2.75, 3.05) is 11.9 Å². The van der Waals surface area contributed by atoms with Crippen molar-refractivity contribution >= 4 is 27.5 Å². The summed E-state index contributed by atoms with van der Waals surface area (Å²) in [7, 11) is 0. The summed E-state index contributed by atoms with van der Waals surface area (Å²) in [4.78, 5) is 12.3. The molecule has 3 nitrogen and oxygen atoms in total. The first-order valence-electron chi connectivity index (χ1n) is 6.26. The molecule has 6 heteroatoms. The molecule has 0 atom stereocenters. The van der Waals surface area contributed by atoms with E-state index >= 15 is 0 Å². The van der Waals surface area contributed by atoms with Crippen LogP contribution in [0.3, 0.4) is 0 Å². The Bertz CT molecular complexity index is 653. The molecule has 0 saturated carbocycles. The van der Waals surface area contributed by atoms with E-state index in [0.717, 1.165) is 11.6 Å². The van der Waals surface area contributed by atoms with Gasteiger partial charge in [-0.05, 0) is 46.6 Å². The Labute approximate surface area is 129 Å². The fraction of sp³-hybridized carbons (Fsp3) is 0.133. The second kappa shape index (κ2) is 6.78. The molecular formula is C15H13BrF2N2O. The Balaban J connectivity index is 2.31. The van der Waals surface area contributed by atoms with E-state index < -0.39 is 17.5 Å². The first kappa shape index (κ1) is 15.6. The van der Waals surface area contributed by atoms with Crippen LogP contribution in [0.2, 0.25) is 0 Å². The van der Waals surface area contributed by atoms with Crippen LogP contribution in [0.15, 0.2) is 40.9 Å². The van der Waals surface area contributed by atoms with Gasteiger partial charge in [0.1, 0.15) is 5.82 Å². The van der Waals surface area contributed by atoms with Crippen molar-refractivity contribution < 1.29 is 13.6 Å². The van der Waals surface area contributed by atoms with Crippen LogP contribution >= 0.6 is 15.9 Å². The zero-order valence-electron chi connectivity index (χ0n) is 11.0. The van der Waals surface area contributed by atoms with Gasteiger partial charge in [-0.1, -0.05) is 18.2 Å². The highest BCUT2D eigenvalue weighted by atomic mass is 79.9. The molecule has 0 aliphatic rings. The van der Waals surface area contributed by atoms with Gasteiger partial charge in [0.25, 0.3) is 5.91 Å². The fourth-order valence-electron chi connectivity index (χ4n) is 1.96. The van der Waals surface area contributed by atoms with Crippen molar-refractivity contribution in [3.63, 3.8) is 0 Å². The maximum atomic E-state index is 13.7. The molecule has 0 spiro atoms.